The Bertz CT molecular complexity index is 1530. The molecule has 0 bridgehead atoms. The van der Waals surface area contributed by atoms with Gasteiger partial charge in [0, 0.05) is 62.9 Å². The Balaban J connectivity index is 1.21. The quantitative estimate of drug-likeness (QED) is 0.433. The van der Waals surface area contributed by atoms with Crippen LogP contribution in [0.4, 0.5) is 29.5 Å². The highest BCUT2D eigenvalue weighted by molar-refractivity contribution is 5.78. The van der Waals surface area contributed by atoms with Crippen molar-refractivity contribution in [1.82, 2.24) is 24.5 Å². The highest BCUT2D eigenvalue weighted by Gasteiger charge is 2.58. The number of H-pyrrole nitrogens is 1. The van der Waals surface area contributed by atoms with Crippen LogP contribution in [0.25, 0.3) is 22.3 Å². The number of aromatic nitrogens is 5. The number of halogens is 4. The number of aromatic amines is 1. The van der Waals surface area contributed by atoms with Crippen LogP contribution in [-0.2, 0) is 13.2 Å². The molecule has 1 aromatic carbocycles. The van der Waals surface area contributed by atoms with Crippen LogP contribution in [0.3, 0.4) is 0 Å². The third-order valence-electron chi connectivity index (χ3n) is 7.17. The molecule has 0 unspecified atom stereocenters. The summed E-state index contributed by atoms with van der Waals surface area (Å²) in [6.45, 7) is 1.33. The molecule has 36 heavy (non-hydrogen) atoms. The van der Waals surface area contributed by atoms with Gasteiger partial charge in [0.15, 0.2) is 5.82 Å². The van der Waals surface area contributed by atoms with Crippen molar-refractivity contribution in [2.24, 2.45) is 18.9 Å². The van der Waals surface area contributed by atoms with Gasteiger partial charge in [-0.1, -0.05) is 0 Å². The van der Waals surface area contributed by atoms with Gasteiger partial charge in [-0.2, -0.15) is 13.2 Å². The average Bonchev–Trinajstić information content (AvgIpc) is 3.17. The number of nitrogens with one attached hydrogen (secondary N) is 1. The monoisotopic (exact) mass is 499 g/mol. The standard InChI is InChI=1S/C24H21F4N7O/c1-33-20(36)8-18(13-5-6-29-9-16(13)25)32-23(33)34(2)21-14-10-35(11-15(14)21)22-30-17-4-3-12(24(26,27)28)7-19(17)31-22/h3-9,14-15,21H,10-11H2,1-2H3,(H,30,31)/t14-,15+,21+. The molecule has 1 N–H and O–H groups in total. The number of benzene rings is 1. The predicted molar refractivity (Wildman–Crippen MR) is 125 cm³/mol. The third kappa shape index (κ3) is 3.59. The van der Waals surface area contributed by atoms with E-state index in [1.54, 1.807) is 7.05 Å². The average molecular weight is 499 g/mol. The number of anilines is 2. The van der Waals surface area contributed by atoms with Crippen molar-refractivity contribution in [2.45, 2.75) is 12.2 Å². The van der Waals surface area contributed by atoms with Crippen LogP contribution in [0.2, 0.25) is 0 Å². The third-order valence-corrected chi connectivity index (χ3v) is 7.17. The Morgan fingerprint density at radius 3 is 2.56 bits per heavy atom. The van der Waals surface area contributed by atoms with Crippen LogP contribution in [-0.4, -0.2) is 50.7 Å². The molecule has 3 atom stereocenters. The Morgan fingerprint density at radius 1 is 1.11 bits per heavy atom. The van der Waals surface area contributed by atoms with E-state index in [1.807, 2.05) is 16.8 Å². The maximum Gasteiger partial charge on any atom is 0.416 e. The molecular formula is C24H21F4N7O. The molecule has 8 nitrogen and oxygen atoms in total. The molecule has 0 amide bonds. The van der Waals surface area contributed by atoms with Gasteiger partial charge >= 0.3 is 6.18 Å². The molecule has 3 aromatic heterocycles. The van der Waals surface area contributed by atoms with Crippen molar-refractivity contribution < 1.29 is 17.6 Å². The summed E-state index contributed by atoms with van der Waals surface area (Å²) in [7, 11) is 3.49. The molecule has 0 spiro atoms. The van der Waals surface area contributed by atoms with Gasteiger partial charge in [0.1, 0.15) is 0 Å². The van der Waals surface area contributed by atoms with E-state index >= 15 is 0 Å². The molecule has 0 radical (unpaired) electrons. The molecule has 1 saturated carbocycles. The van der Waals surface area contributed by atoms with E-state index in [9.17, 15) is 22.4 Å². The molecule has 2 fully saturated rings. The molecule has 4 aromatic rings. The lowest BCUT2D eigenvalue weighted by molar-refractivity contribution is -0.137. The molecule has 186 valence electrons. The van der Waals surface area contributed by atoms with Crippen molar-refractivity contribution in [2.75, 3.05) is 29.9 Å². The number of piperidine rings is 1. The lowest BCUT2D eigenvalue weighted by Gasteiger charge is -2.26. The first-order valence-electron chi connectivity index (χ1n) is 11.3. The van der Waals surface area contributed by atoms with Crippen molar-refractivity contribution in [3.63, 3.8) is 0 Å². The number of pyridine rings is 1. The van der Waals surface area contributed by atoms with E-state index in [0.717, 1.165) is 18.3 Å². The van der Waals surface area contributed by atoms with E-state index in [4.69, 9.17) is 0 Å². The summed E-state index contributed by atoms with van der Waals surface area (Å²) in [5, 5.41) is 0. The van der Waals surface area contributed by atoms with E-state index in [-0.39, 0.29) is 40.2 Å². The van der Waals surface area contributed by atoms with E-state index in [2.05, 4.69) is 19.9 Å². The number of hydrogen-bond donors (Lipinski definition) is 1. The summed E-state index contributed by atoms with van der Waals surface area (Å²) in [6, 6.07) is 6.39. The summed E-state index contributed by atoms with van der Waals surface area (Å²) in [4.78, 5) is 32.4. The summed E-state index contributed by atoms with van der Waals surface area (Å²) in [6.07, 6.45) is -1.89. The molecule has 1 aliphatic heterocycles. The van der Waals surface area contributed by atoms with Gasteiger partial charge in [-0.25, -0.2) is 14.4 Å². The fourth-order valence-electron chi connectivity index (χ4n) is 5.26. The van der Waals surface area contributed by atoms with Crippen molar-refractivity contribution in [3.8, 4) is 11.3 Å². The van der Waals surface area contributed by atoms with Crippen LogP contribution in [0.15, 0.2) is 47.5 Å². The van der Waals surface area contributed by atoms with Gasteiger partial charge in [-0.05, 0) is 24.3 Å². The van der Waals surface area contributed by atoms with Crippen LogP contribution in [0.5, 0.6) is 0 Å². The molecule has 1 saturated heterocycles. The maximum atomic E-state index is 14.3. The van der Waals surface area contributed by atoms with Gasteiger partial charge in [0.25, 0.3) is 5.56 Å². The molecular weight excluding hydrogens is 478 g/mol. The van der Waals surface area contributed by atoms with Crippen molar-refractivity contribution in [3.05, 3.63) is 64.5 Å². The first kappa shape index (κ1) is 22.5. The fraction of sp³-hybridized carbons (Fsp3) is 0.333. The SMILES string of the molecule is CN(c1nc(-c2ccncc2F)cc(=O)n1C)[C@H]1[C@@H]2CN(c3nc4cc(C(F)(F)F)ccc4[nH]3)C[C@@H]21. The minimum atomic E-state index is -4.42. The molecule has 4 heterocycles. The predicted octanol–water partition coefficient (Wildman–Crippen LogP) is 3.45. The maximum absolute atomic E-state index is 14.3. The topological polar surface area (TPSA) is 82.9 Å². The smallest absolute Gasteiger partial charge is 0.342 e. The van der Waals surface area contributed by atoms with Crippen molar-refractivity contribution in [1.29, 1.82) is 0 Å². The summed E-state index contributed by atoms with van der Waals surface area (Å²) in [5.41, 5.74) is 0.239. The number of imidazole rings is 1. The minimum Gasteiger partial charge on any atom is -0.342 e. The Hall–Kier alpha value is -3.96. The molecule has 12 heteroatoms. The van der Waals surface area contributed by atoms with Gasteiger partial charge in [-0.15, -0.1) is 0 Å². The number of nitrogens with zero attached hydrogens (tertiary/aromatic N) is 6. The number of fused-ring (bicyclic) bond motifs is 2. The first-order chi connectivity index (χ1) is 17.1. The zero-order chi connectivity index (χ0) is 25.4. The first-order valence-corrected chi connectivity index (χ1v) is 11.3. The van der Waals surface area contributed by atoms with Crippen LogP contribution in [0, 0.1) is 17.7 Å². The molecule has 1 aliphatic carbocycles. The second-order valence-electron chi connectivity index (χ2n) is 9.32. The molecule has 6 rings (SSSR count). The number of alkyl halides is 3. The van der Waals surface area contributed by atoms with Crippen LogP contribution >= 0.6 is 0 Å². The number of rotatable bonds is 4. The normalized spacial score (nSPS) is 21.2. The van der Waals surface area contributed by atoms with Gasteiger partial charge in [0.05, 0.1) is 28.5 Å². The Labute approximate surface area is 202 Å². The highest BCUT2D eigenvalue weighted by atomic mass is 19.4. The van der Waals surface area contributed by atoms with Gasteiger partial charge < -0.3 is 14.8 Å². The number of hydrogen-bond acceptors (Lipinski definition) is 6. The minimum absolute atomic E-state index is 0.123. The second kappa shape index (κ2) is 7.77. The van der Waals surface area contributed by atoms with Crippen molar-refractivity contribution >= 4 is 22.9 Å². The largest absolute Gasteiger partial charge is 0.416 e. The summed E-state index contributed by atoms with van der Waals surface area (Å²) >= 11 is 0. The Kier molecular flexibility index (Phi) is 4.86. The second-order valence-corrected chi connectivity index (χ2v) is 9.32. The van der Waals surface area contributed by atoms with E-state index in [0.29, 0.717) is 30.5 Å². The summed E-state index contributed by atoms with van der Waals surface area (Å²) in [5.74, 6) is 0.958. The molecule has 2 aliphatic rings. The summed E-state index contributed by atoms with van der Waals surface area (Å²) < 4.78 is 54.8. The Morgan fingerprint density at radius 2 is 1.86 bits per heavy atom. The van der Waals surface area contributed by atoms with E-state index in [1.165, 1.54) is 29.0 Å². The zero-order valence-electron chi connectivity index (χ0n) is 19.3. The van der Waals surface area contributed by atoms with Crippen LogP contribution in [0.1, 0.15) is 5.56 Å². The van der Waals surface area contributed by atoms with E-state index < -0.39 is 17.6 Å². The van der Waals surface area contributed by atoms with Gasteiger partial charge in [0.2, 0.25) is 11.9 Å². The lowest BCUT2D eigenvalue weighted by Crippen LogP contribution is -2.36. The van der Waals surface area contributed by atoms with Crippen LogP contribution < -0.4 is 15.4 Å². The lowest BCUT2D eigenvalue weighted by atomic mass is 10.2. The highest BCUT2D eigenvalue weighted by Crippen LogP contribution is 2.50. The zero-order valence-corrected chi connectivity index (χ0v) is 19.3. The fourth-order valence-corrected chi connectivity index (χ4v) is 5.26. The van der Waals surface area contributed by atoms with Gasteiger partial charge in [-0.3, -0.25) is 14.3 Å².